The predicted octanol–water partition coefficient (Wildman–Crippen LogP) is 1.36. The molecule has 0 unspecified atom stereocenters. The van der Waals surface area contributed by atoms with Gasteiger partial charge in [-0.15, -0.1) is 0 Å². The Labute approximate surface area is 79.1 Å². The van der Waals surface area contributed by atoms with Crippen LogP contribution in [0, 0.1) is 0 Å². The molecule has 0 radical (unpaired) electrons. The van der Waals surface area contributed by atoms with Crippen LogP contribution in [0.15, 0.2) is 24.3 Å². The van der Waals surface area contributed by atoms with E-state index in [2.05, 4.69) is 5.32 Å². The number of carbonyl (C=O) groups is 2. The third kappa shape index (κ3) is 2.76. The Hall–Kier alpha value is -1.55. The number of anilines is 1. The normalized spacial score (nSPS) is 9.31. The first-order chi connectivity index (χ1) is 6.09. The van der Waals surface area contributed by atoms with Gasteiger partial charge >= 0.3 is 11.9 Å². The highest BCUT2D eigenvalue weighted by atomic mass is 35.5. The van der Waals surface area contributed by atoms with Crippen molar-refractivity contribution in [2.45, 2.75) is 0 Å². The highest BCUT2D eigenvalue weighted by molar-refractivity contribution is 6.36. The molecule has 0 aliphatic rings. The minimum atomic E-state index is -1.52. The van der Waals surface area contributed by atoms with Gasteiger partial charge < -0.3 is 10.4 Å². The first-order valence-electron chi connectivity index (χ1n) is 3.39. The molecule has 0 aromatic heterocycles. The molecule has 1 aromatic rings. The summed E-state index contributed by atoms with van der Waals surface area (Å²) in [6, 6.07) is 6.14. The van der Waals surface area contributed by atoms with Gasteiger partial charge in [0.1, 0.15) is 0 Å². The molecule has 0 atom stereocenters. The van der Waals surface area contributed by atoms with E-state index in [4.69, 9.17) is 16.7 Å². The third-order valence-corrected chi connectivity index (χ3v) is 1.55. The molecule has 0 aliphatic carbocycles. The summed E-state index contributed by atoms with van der Waals surface area (Å²) in [5.74, 6) is -2.59. The molecule has 13 heavy (non-hydrogen) atoms. The van der Waals surface area contributed by atoms with E-state index in [-0.39, 0.29) is 0 Å². The lowest BCUT2D eigenvalue weighted by Gasteiger charge is -2.00. The number of benzene rings is 1. The lowest BCUT2D eigenvalue weighted by molar-refractivity contribution is -0.147. The largest absolute Gasteiger partial charge is 0.474 e. The standard InChI is InChI=1S/C8H6ClNO3/c9-5-1-3-6(4-2-5)10-7(11)8(12)13/h1-4H,(H,10,11)(H,12,13). The molecule has 2 N–H and O–H groups in total. The molecule has 4 nitrogen and oxygen atoms in total. The van der Waals surface area contributed by atoms with Crippen molar-refractivity contribution in [3.8, 4) is 0 Å². The van der Waals surface area contributed by atoms with Crippen LogP contribution in [0.3, 0.4) is 0 Å². The summed E-state index contributed by atoms with van der Waals surface area (Å²) in [4.78, 5) is 20.8. The Bertz CT molecular complexity index is 334. The van der Waals surface area contributed by atoms with E-state index in [9.17, 15) is 9.59 Å². The van der Waals surface area contributed by atoms with Crippen molar-refractivity contribution in [2.24, 2.45) is 0 Å². The monoisotopic (exact) mass is 199 g/mol. The highest BCUT2D eigenvalue weighted by Gasteiger charge is 2.10. The molecule has 0 spiro atoms. The number of hydrogen-bond donors (Lipinski definition) is 2. The van der Waals surface area contributed by atoms with Gasteiger partial charge in [-0.05, 0) is 24.3 Å². The van der Waals surface area contributed by atoms with Gasteiger partial charge in [0.15, 0.2) is 0 Å². The fraction of sp³-hybridized carbons (Fsp3) is 0. The fourth-order valence-corrected chi connectivity index (χ4v) is 0.844. The van der Waals surface area contributed by atoms with Crippen LogP contribution in [0.4, 0.5) is 5.69 Å². The van der Waals surface area contributed by atoms with Gasteiger partial charge in [-0.3, -0.25) is 4.79 Å². The molecule has 0 fully saturated rings. The second kappa shape index (κ2) is 3.91. The lowest BCUT2D eigenvalue weighted by atomic mass is 10.3. The average Bonchev–Trinajstić information content (AvgIpc) is 2.08. The summed E-state index contributed by atoms with van der Waals surface area (Å²) in [5.41, 5.74) is 0.400. The number of carboxylic acid groups (broad SMARTS) is 1. The number of amides is 1. The van der Waals surface area contributed by atoms with Gasteiger partial charge in [0.2, 0.25) is 0 Å². The highest BCUT2D eigenvalue weighted by Crippen LogP contribution is 2.12. The van der Waals surface area contributed by atoms with Gasteiger partial charge in [-0.2, -0.15) is 0 Å². The summed E-state index contributed by atoms with van der Waals surface area (Å²) in [6.07, 6.45) is 0. The minimum absolute atomic E-state index is 0.400. The maximum absolute atomic E-state index is 10.7. The van der Waals surface area contributed by atoms with Gasteiger partial charge in [-0.25, -0.2) is 4.79 Å². The number of hydrogen-bond acceptors (Lipinski definition) is 2. The van der Waals surface area contributed by atoms with Crippen LogP contribution in [0.2, 0.25) is 5.02 Å². The first-order valence-corrected chi connectivity index (χ1v) is 3.77. The van der Waals surface area contributed by atoms with E-state index in [0.29, 0.717) is 10.7 Å². The van der Waals surface area contributed by atoms with Gasteiger partial charge in [0.05, 0.1) is 0 Å². The Balaban J connectivity index is 2.70. The van der Waals surface area contributed by atoms with Crippen molar-refractivity contribution in [3.63, 3.8) is 0 Å². The number of aliphatic carboxylic acids is 1. The number of rotatable bonds is 1. The summed E-state index contributed by atoms with van der Waals surface area (Å²) in [7, 11) is 0. The van der Waals surface area contributed by atoms with E-state index in [1.165, 1.54) is 12.1 Å². The molecular formula is C8H6ClNO3. The Morgan fingerprint density at radius 2 is 1.77 bits per heavy atom. The van der Waals surface area contributed by atoms with Gasteiger partial charge in [0, 0.05) is 10.7 Å². The Morgan fingerprint density at radius 3 is 2.23 bits per heavy atom. The topological polar surface area (TPSA) is 66.4 Å². The van der Waals surface area contributed by atoms with Crippen LogP contribution in [0.5, 0.6) is 0 Å². The number of halogens is 1. The van der Waals surface area contributed by atoms with Crippen LogP contribution in [0.1, 0.15) is 0 Å². The van der Waals surface area contributed by atoms with Gasteiger partial charge in [-0.1, -0.05) is 11.6 Å². The molecule has 0 bridgehead atoms. The summed E-state index contributed by atoms with van der Waals surface area (Å²) in [6.45, 7) is 0. The fourth-order valence-electron chi connectivity index (χ4n) is 0.718. The van der Waals surface area contributed by atoms with Crippen LogP contribution in [-0.2, 0) is 9.59 Å². The summed E-state index contributed by atoms with van der Waals surface area (Å²) in [5, 5.41) is 11.0. The predicted molar refractivity (Wildman–Crippen MR) is 47.7 cm³/mol. The lowest BCUT2D eigenvalue weighted by Crippen LogP contribution is -2.21. The molecule has 0 aliphatic heterocycles. The molecule has 1 aromatic carbocycles. The molecule has 1 rings (SSSR count). The van der Waals surface area contributed by atoms with Crippen molar-refractivity contribution in [1.29, 1.82) is 0 Å². The maximum Gasteiger partial charge on any atom is 0.394 e. The average molecular weight is 200 g/mol. The molecule has 5 heteroatoms. The van der Waals surface area contributed by atoms with Crippen LogP contribution < -0.4 is 5.32 Å². The Morgan fingerprint density at radius 1 is 1.23 bits per heavy atom. The van der Waals surface area contributed by atoms with E-state index in [1.54, 1.807) is 12.1 Å². The quantitative estimate of drug-likeness (QED) is 0.672. The molecule has 1 amide bonds. The minimum Gasteiger partial charge on any atom is -0.474 e. The second-order valence-electron chi connectivity index (χ2n) is 2.27. The number of nitrogens with one attached hydrogen (secondary N) is 1. The third-order valence-electron chi connectivity index (χ3n) is 1.30. The molecule has 68 valence electrons. The smallest absolute Gasteiger partial charge is 0.394 e. The van der Waals surface area contributed by atoms with Crippen molar-refractivity contribution < 1.29 is 14.7 Å². The first kappa shape index (κ1) is 9.54. The Kier molecular flexibility index (Phi) is 2.87. The van der Waals surface area contributed by atoms with Crippen molar-refractivity contribution in [3.05, 3.63) is 29.3 Å². The van der Waals surface area contributed by atoms with E-state index >= 15 is 0 Å². The van der Waals surface area contributed by atoms with E-state index < -0.39 is 11.9 Å². The van der Waals surface area contributed by atoms with Crippen molar-refractivity contribution in [1.82, 2.24) is 0 Å². The van der Waals surface area contributed by atoms with E-state index in [0.717, 1.165) is 0 Å². The zero-order valence-electron chi connectivity index (χ0n) is 6.45. The van der Waals surface area contributed by atoms with Crippen molar-refractivity contribution in [2.75, 3.05) is 5.32 Å². The zero-order chi connectivity index (χ0) is 9.84. The SMILES string of the molecule is O=C(O)C(=O)Nc1ccc(Cl)cc1. The summed E-state index contributed by atoms with van der Waals surface area (Å²) < 4.78 is 0. The second-order valence-corrected chi connectivity index (χ2v) is 2.70. The zero-order valence-corrected chi connectivity index (χ0v) is 7.21. The van der Waals surface area contributed by atoms with Crippen LogP contribution in [0.25, 0.3) is 0 Å². The molecule has 0 saturated carbocycles. The molecule has 0 saturated heterocycles. The number of carbonyl (C=O) groups excluding carboxylic acids is 1. The maximum atomic E-state index is 10.7. The summed E-state index contributed by atoms with van der Waals surface area (Å²) >= 11 is 5.58. The van der Waals surface area contributed by atoms with Crippen LogP contribution in [-0.4, -0.2) is 17.0 Å². The van der Waals surface area contributed by atoms with Crippen molar-refractivity contribution >= 4 is 29.2 Å². The number of carboxylic acids is 1. The van der Waals surface area contributed by atoms with Gasteiger partial charge in [0.25, 0.3) is 0 Å². The molecule has 0 heterocycles. The molecular weight excluding hydrogens is 194 g/mol. The van der Waals surface area contributed by atoms with Crippen LogP contribution >= 0.6 is 11.6 Å². The van der Waals surface area contributed by atoms with E-state index in [1.807, 2.05) is 0 Å².